The van der Waals surface area contributed by atoms with E-state index in [1.165, 1.54) is 12.1 Å². The second kappa shape index (κ2) is 8.80. The van der Waals surface area contributed by atoms with Crippen LogP contribution in [-0.4, -0.2) is 42.1 Å². The van der Waals surface area contributed by atoms with Gasteiger partial charge in [0, 0.05) is 11.6 Å². The minimum absolute atomic E-state index is 0.0103. The highest BCUT2D eigenvalue weighted by Crippen LogP contribution is 2.44. The highest BCUT2D eigenvalue weighted by atomic mass is 16.7. The SMILES string of the molecule is CC1(C)OB(c2cc(NC(=O)OCC3c4ccccc4-c4ccccc43)cc(C(=O)O)c2)OC1(C)C. The topological polar surface area (TPSA) is 94.1 Å². The molecule has 0 spiro atoms. The van der Waals surface area contributed by atoms with Crippen molar-refractivity contribution < 1.29 is 28.7 Å². The van der Waals surface area contributed by atoms with Gasteiger partial charge in [0.1, 0.15) is 6.61 Å². The van der Waals surface area contributed by atoms with E-state index in [2.05, 4.69) is 29.6 Å². The van der Waals surface area contributed by atoms with Gasteiger partial charge in [-0.05, 0) is 73.6 Å². The quantitative estimate of drug-likeness (QED) is 0.492. The lowest BCUT2D eigenvalue weighted by Gasteiger charge is -2.32. The normalized spacial score (nSPS) is 17.4. The number of carboxylic acids is 1. The number of hydrogen-bond donors (Lipinski definition) is 2. The molecule has 0 bridgehead atoms. The smallest absolute Gasteiger partial charge is 0.478 e. The summed E-state index contributed by atoms with van der Waals surface area (Å²) in [4.78, 5) is 24.5. The number of carbonyl (C=O) groups is 2. The van der Waals surface area contributed by atoms with Gasteiger partial charge in [-0.2, -0.15) is 0 Å². The first-order chi connectivity index (χ1) is 17.1. The molecule has 8 heteroatoms. The van der Waals surface area contributed by atoms with Gasteiger partial charge in [0.2, 0.25) is 0 Å². The molecule has 3 aromatic rings. The van der Waals surface area contributed by atoms with Crippen molar-refractivity contribution in [1.82, 2.24) is 0 Å². The van der Waals surface area contributed by atoms with Crippen molar-refractivity contribution in [3.05, 3.63) is 83.4 Å². The second-order valence-corrected chi connectivity index (χ2v) is 10.2. The summed E-state index contributed by atoms with van der Waals surface area (Å²) in [5, 5.41) is 12.3. The lowest BCUT2D eigenvalue weighted by molar-refractivity contribution is 0.00578. The molecule has 0 atom stereocenters. The average molecular weight is 485 g/mol. The van der Waals surface area contributed by atoms with Crippen LogP contribution in [0.5, 0.6) is 0 Å². The Morgan fingerprint density at radius 2 is 1.47 bits per heavy atom. The van der Waals surface area contributed by atoms with Gasteiger partial charge >= 0.3 is 19.2 Å². The van der Waals surface area contributed by atoms with E-state index in [-0.39, 0.29) is 23.8 Å². The number of hydrogen-bond acceptors (Lipinski definition) is 5. The fraction of sp³-hybridized carbons (Fsp3) is 0.286. The number of nitrogens with one attached hydrogen (secondary N) is 1. The van der Waals surface area contributed by atoms with Crippen LogP contribution in [0.15, 0.2) is 66.7 Å². The average Bonchev–Trinajstić information content (AvgIpc) is 3.27. The standard InChI is InChI=1S/C28H28BNO6/c1-27(2)28(3,4)36-29(35-27)18-13-17(25(31)32)14-19(15-18)30-26(33)34-16-24-22-11-7-5-9-20(22)21-10-6-8-12-23(21)24/h5-15,24H,16H2,1-4H3,(H,30,33)(H,31,32). The Labute approximate surface area is 210 Å². The summed E-state index contributed by atoms with van der Waals surface area (Å²) in [5.41, 5.74) is 4.14. The number of rotatable bonds is 5. The molecule has 1 heterocycles. The molecule has 0 saturated carbocycles. The molecular formula is C28H28BNO6. The molecule has 184 valence electrons. The molecule has 0 unspecified atom stereocenters. The predicted octanol–water partition coefficient (Wildman–Crippen LogP) is 5.05. The summed E-state index contributed by atoms with van der Waals surface area (Å²) in [6, 6.07) is 20.7. The third-order valence-corrected chi connectivity index (χ3v) is 7.32. The Hall–Kier alpha value is -3.62. The Bertz CT molecular complexity index is 1290. The van der Waals surface area contributed by atoms with Crippen LogP contribution in [-0.2, 0) is 14.0 Å². The fourth-order valence-electron chi connectivity index (χ4n) is 4.71. The van der Waals surface area contributed by atoms with Gasteiger partial charge in [0.25, 0.3) is 0 Å². The van der Waals surface area contributed by atoms with Crippen molar-refractivity contribution in [2.24, 2.45) is 0 Å². The zero-order chi connectivity index (χ0) is 25.7. The largest absolute Gasteiger partial charge is 0.494 e. The molecule has 7 nitrogen and oxygen atoms in total. The van der Waals surface area contributed by atoms with Crippen LogP contribution in [0, 0.1) is 0 Å². The van der Waals surface area contributed by atoms with E-state index in [9.17, 15) is 14.7 Å². The van der Waals surface area contributed by atoms with E-state index in [0.717, 1.165) is 22.3 Å². The molecule has 1 fully saturated rings. The van der Waals surface area contributed by atoms with Crippen molar-refractivity contribution in [3.63, 3.8) is 0 Å². The molecular weight excluding hydrogens is 457 g/mol. The van der Waals surface area contributed by atoms with Crippen LogP contribution >= 0.6 is 0 Å². The van der Waals surface area contributed by atoms with E-state index in [1.807, 2.05) is 52.0 Å². The van der Waals surface area contributed by atoms with Gasteiger partial charge in [0.15, 0.2) is 0 Å². The third-order valence-electron chi connectivity index (χ3n) is 7.32. The maximum atomic E-state index is 12.8. The minimum Gasteiger partial charge on any atom is -0.478 e. The maximum Gasteiger partial charge on any atom is 0.494 e. The Balaban J connectivity index is 1.33. The van der Waals surface area contributed by atoms with Crippen molar-refractivity contribution in [2.75, 3.05) is 11.9 Å². The molecule has 0 aromatic heterocycles. The van der Waals surface area contributed by atoms with Crippen LogP contribution in [0.25, 0.3) is 11.1 Å². The van der Waals surface area contributed by atoms with Gasteiger partial charge in [-0.15, -0.1) is 0 Å². The van der Waals surface area contributed by atoms with Crippen molar-refractivity contribution in [3.8, 4) is 11.1 Å². The maximum absolute atomic E-state index is 12.8. The summed E-state index contributed by atoms with van der Waals surface area (Å²) >= 11 is 0. The predicted molar refractivity (Wildman–Crippen MR) is 138 cm³/mol. The van der Waals surface area contributed by atoms with Crippen LogP contribution in [0.3, 0.4) is 0 Å². The molecule has 2 N–H and O–H groups in total. The number of amides is 1. The van der Waals surface area contributed by atoms with Crippen LogP contribution in [0.2, 0.25) is 0 Å². The summed E-state index contributed by atoms with van der Waals surface area (Å²) in [6.07, 6.45) is -0.667. The lowest BCUT2D eigenvalue weighted by Crippen LogP contribution is -2.41. The van der Waals surface area contributed by atoms with E-state index in [4.69, 9.17) is 14.0 Å². The van der Waals surface area contributed by atoms with Crippen molar-refractivity contribution in [1.29, 1.82) is 0 Å². The number of ether oxygens (including phenoxy) is 1. The van der Waals surface area contributed by atoms with E-state index < -0.39 is 30.4 Å². The lowest BCUT2D eigenvalue weighted by atomic mass is 9.78. The van der Waals surface area contributed by atoms with Gasteiger partial charge in [-0.3, -0.25) is 5.32 Å². The molecule has 1 saturated heterocycles. The zero-order valence-electron chi connectivity index (χ0n) is 20.7. The third kappa shape index (κ3) is 4.27. The molecule has 5 rings (SSSR count). The molecule has 0 radical (unpaired) electrons. The van der Waals surface area contributed by atoms with Gasteiger partial charge in [-0.25, -0.2) is 9.59 Å². The zero-order valence-corrected chi connectivity index (χ0v) is 20.7. The first-order valence-corrected chi connectivity index (χ1v) is 11.9. The van der Waals surface area contributed by atoms with E-state index >= 15 is 0 Å². The second-order valence-electron chi connectivity index (χ2n) is 10.2. The molecule has 1 aliphatic heterocycles. The summed E-state index contributed by atoms with van der Waals surface area (Å²) < 4.78 is 17.8. The Morgan fingerprint density at radius 3 is 2.03 bits per heavy atom. The first-order valence-electron chi connectivity index (χ1n) is 11.9. The van der Waals surface area contributed by atoms with Crippen LogP contribution in [0.4, 0.5) is 10.5 Å². The van der Waals surface area contributed by atoms with Crippen molar-refractivity contribution in [2.45, 2.75) is 44.8 Å². The summed E-state index contributed by atoms with van der Waals surface area (Å²) in [5.74, 6) is -1.20. The summed E-state index contributed by atoms with van der Waals surface area (Å²) in [7, 11) is -0.766. The highest BCUT2D eigenvalue weighted by molar-refractivity contribution is 6.62. The molecule has 3 aromatic carbocycles. The fourth-order valence-corrected chi connectivity index (χ4v) is 4.71. The molecule has 36 heavy (non-hydrogen) atoms. The summed E-state index contributed by atoms with van der Waals surface area (Å²) in [6.45, 7) is 7.84. The van der Waals surface area contributed by atoms with Crippen LogP contribution in [0.1, 0.15) is 55.1 Å². The number of benzene rings is 3. The van der Waals surface area contributed by atoms with Gasteiger partial charge < -0.3 is 19.2 Å². The Kier molecular flexibility index (Phi) is 5.89. The van der Waals surface area contributed by atoms with Crippen LogP contribution < -0.4 is 10.8 Å². The monoisotopic (exact) mass is 485 g/mol. The number of carboxylic acid groups (broad SMARTS) is 1. The number of fused-ring (bicyclic) bond motifs is 3. The van der Waals surface area contributed by atoms with Crippen molar-refractivity contribution >= 4 is 30.3 Å². The molecule has 2 aliphatic rings. The minimum atomic E-state index is -1.12. The first kappa shape index (κ1) is 24.1. The number of aromatic carboxylic acids is 1. The number of anilines is 1. The molecule has 1 amide bonds. The number of carbonyl (C=O) groups excluding carboxylic acids is 1. The highest BCUT2D eigenvalue weighted by Gasteiger charge is 2.51. The van der Waals surface area contributed by atoms with Gasteiger partial charge in [-0.1, -0.05) is 48.5 Å². The molecule has 1 aliphatic carbocycles. The Morgan fingerprint density at radius 1 is 0.917 bits per heavy atom. The van der Waals surface area contributed by atoms with E-state index in [0.29, 0.717) is 5.46 Å². The van der Waals surface area contributed by atoms with E-state index in [1.54, 1.807) is 6.07 Å². The van der Waals surface area contributed by atoms with Gasteiger partial charge in [0.05, 0.1) is 16.8 Å².